The summed E-state index contributed by atoms with van der Waals surface area (Å²) in [5.41, 5.74) is 2.76. The SMILES string of the molecule is Nn1c(CCCCN2CCN(c3ccc4ccccc4n3)CC2)nc2c(c1=O)CCSC2. The Hall–Kier alpha value is -2.58. The Labute approximate surface area is 192 Å². The number of aryl methyl sites for hydroxylation is 1. The van der Waals surface area contributed by atoms with E-state index in [1.807, 2.05) is 17.8 Å². The molecule has 2 aliphatic heterocycles. The molecule has 0 aliphatic carbocycles. The first-order chi connectivity index (χ1) is 15.7. The Bertz CT molecular complexity index is 1150. The molecule has 0 saturated carbocycles. The Morgan fingerprint density at radius 3 is 2.72 bits per heavy atom. The van der Waals surface area contributed by atoms with Crippen LogP contribution >= 0.6 is 11.8 Å². The van der Waals surface area contributed by atoms with Crippen molar-refractivity contribution in [2.24, 2.45) is 0 Å². The van der Waals surface area contributed by atoms with Gasteiger partial charge in [0.25, 0.3) is 5.56 Å². The van der Waals surface area contributed by atoms with Crippen molar-refractivity contribution in [2.75, 3.05) is 49.2 Å². The normalized spacial score (nSPS) is 16.9. The lowest BCUT2D eigenvalue weighted by molar-refractivity contribution is 0.252. The third-order valence-corrected chi connectivity index (χ3v) is 7.48. The predicted octanol–water partition coefficient (Wildman–Crippen LogP) is 2.44. The molecule has 4 heterocycles. The maximum Gasteiger partial charge on any atom is 0.275 e. The van der Waals surface area contributed by atoms with Crippen LogP contribution in [-0.2, 0) is 18.6 Å². The molecule has 0 atom stereocenters. The first-order valence-electron chi connectivity index (χ1n) is 11.5. The molecule has 0 amide bonds. The Morgan fingerprint density at radius 1 is 1.00 bits per heavy atom. The lowest BCUT2D eigenvalue weighted by Gasteiger charge is -2.35. The average Bonchev–Trinajstić information content (AvgIpc) is 2.85. The number of nitrogens with two attached hydrogens (primary N) is 1. The lowest BCUT2D eigenvalue weighted by Crippen LogP contribution is -2.46. The monoisotopic (exact) mass is 450 g/mol. The molecule has 5 rings (SSSR count). The van der Waals surface area contributed by atoms with Crippen LogP contribution in [0.15, 0.2) is 41.2 Å². The van der Waals surface area contributed by atoms with Crippen LogP contribution in [0.1, 0.15) is 29.9 Å². The number of anilines is 1. The fraction of sp³-hybridized carbons (Fsp3) is 0.458. The van der Waals surface area contributed by atoms with Crippen molar-refractivity contribution in [1.82, 2.24) is 19.5 Å². The molecule has 0 radical (unpaired) electrons. The van der Waals surface area contributed by atoms with Crippen molar-refractivity contribution in [1.29, 1.82) is 0 Å². The van der Waals surface area contributed by atoms with Gasteiger partial charge in [-0.05, 0) is 49.8 Å². The molecular formula is C24H30N6OS. The number of pyridine rings is 1. The standard InChI is InChI=1S/C24H30N6OS/c25-30-23(27-21-17-32-16-10-19(21)24(30)31)7-3-4-11-28-12-14-29(15-13-28)22-9-8-18-5-1-2-6-20(18)26-22/h1-2,5-6,8-9H,3-4,7,10-17,25H2. The van der Waals surface area contributed by atoms with Gasteiger partial charge >= 0.3 is 0 Å². The summed E-state index contributed by atoms with van der Waals surface area (Å²) in [5, 5.41) is 1.19. The first-order valence-corrected chi connectivity index (χ1v) is 12.6. The summed E-state index contributed by atoms with van der Waals surface area (Å²) in [5.74, 6) is 9.65. The van der Waals surface area contributed by atoms with E-state index in [4.69, 9.17) is 15.8 Å². The van der Waals surface area contributed by atoms with E-state index in [2.05, 4.69) is 40.1 Å². The maximum absolute atomic E-state index is 12.5. The molecule has 7 nitrogen and oxygen atoms in total. The van der Waals surface area contributed by atoms with E-state index in [1.54, 1.807) is 0 Å². The van der Waals surface area contributed by atoms with Gasteiger partial charge in [0.15, 0.2) is 0 Å². The van der Waals surface area contributed by atoms with E-state index in [1.165, 1.54) is 10.1 Å². The van der Waals surface area contributed by atoms with Crippen molar-refractivity contribution in [2.45, 2.75) is 31.4 Å². The topological polar surface area (TPSA) is 80.3 Å². The zero-order valence-electron chi connectivity index (χ0n) is 18.4. The smallest absolute Gasteiger partial charge is 0.275 e. The zero-order valence-corrected chi connectivity index (χ0v) is 19.2. The van der Waals surface area contributed by atoms with Crippen LogP contribution in [-0.4, -0.2) is 58.0 Å². The van der Waals surface area contributed by atoms with Gasteiger partial charge in [-0.2, -0.15) is 11.8 Å². The molecule has 32 heavy (non-hydrogen) atoms. The fourth-order valence-electron chi connectivity index (χ4n) is 4.60. The number of nitrogen functional groups attached to an aromatic ring is 1. The number of unbranched alkanes of at least 4 members (excludes halogenated alkanes) is 1. The first kappa shape index (κ1) is 21.3. The lowest BCUT2D eigenvalue weighted by atomic mass is 10.1. The van der Waals surface area contributed by atoms with Gasteiger partial charge in [0.05, 0.1) is 11.2 Å². The number of hydrogen-bond donors (Lipinski definition) is 1. The van der Waals surface area contributed by atoms with Gasteiger partial charge in [0, 0.05) is 49.3 Å². The van der Waals surface area contributed by atoms with Crippen molar-refractivity contribution in [3.05, 3.63) is 63.8 Å². The molecule has 1 aromatic carbocycles. The van der Waals surface area contributed by atoms with Crippen LogP contribution in [0.2, 0.25) is 0 Å². The van der Waals surface area contributed by atoms with Crippen LogP contribution < -0.4 is 16.3 Å². The summed E-state index contributed by atoms with van der Waals surface area (Å²) in [6, 6.07) is 12.6. The Balaban J connectivity index is 1.10. The summed E-state index contributed by atoms with van der Waals surface area (Å²) >= 11 is 1.84. The van der Waals surface area contributed by atoms with Gasteiger partial charge in [0.1, 0.15) is 11.6 Å². The highest BCUT2D eigenvalue weighted by Crippen LogP contribution is 2.21. The summed E-state index contributed by atoms with van der Waals surface area (Å²) < 4.78 is 1.28. The van der Waals surface area contributed by atoms with Crippen LogP contribution in [0, 0.1) is 0 Å². The van der Waals surface area contributed by atoms with Gasteiger partial charge in [-0.15, -0.1) is 0 Å². The molecule has 168 valence electrons. The van der Waals surface area contributed by atoms with Crippen LogP contribution in [0.4, 0.5) is 5.82 Å². The predicted molar refractivity (Wildman–Crippen MR) is 132 cm³/mol. The van der Waals surface area contributed by atoms with Gasteiger partial charge in [-0.3, -0.25) is 9.69 Å². The van der Waals surface area contributed by atoms with E-state index in [0.29, 0.717) is 0 Å². The third kappa shape index (κ3) is 4.47. The largest absolute Gasteiger partial charge is 0.354 e. The van der Waals surface area contributed by atoms with E-state index >= 15 is 0 Å². The summed E-state index contributed by atoms with van der Waals surface area (Å²) in [6.45, 7) is 5.15. The van der Waals surface area contributed by atoms with E-state index in [0.717, 1.165) is 98.3 Å². The minimum atomic E-state index is -0.0521. The molecule has 0 spiro atoms. The number of aromatic nitrogens is 3. The van der Waals surface area contributed by atoms with Crippen molar-refractivity contribution >= 4 is 28.5 Å². The number of para-hydroxylation sites is 1. The number of piperazine rings is 1. The number of nitrogens with zero attached hydrogens (tertiary/aromatic N) is 5. The molecule has 8 heteroatoms. The molecule has 2 aliphatic rings. The van der Waals surface area contributed by atoms with Crippen molar-refractivity contribution in [3.63, 3.8) is 0 Å². The highest BCUT2D eigenvalue weighted by atomic mass is 32.2. The average molecular weight is 451 g/mol. The molecule has 2 aromatic heterocycles. The number of fused-ring (bicyclic) bond motifs is 2. The summed E-state index contributed by atoms with van der Waals surface area (Å²) in [6.07, 6.45) is 3.60. The molecule has 1 saturated heterocycles. The second kappa shape index (κ2) is 9.50. The molecule has 2 N–H and O–H groups in total. The molecular weight excluding hydrogens is 420 g/mol. The quantitative estimate of drug-likeness (QED) is 0.456. The van der Waals surface area contributed by atoms with E-state index in [9.17, 15) is 4.79 Å². The number of rotatable bonds is 6. The Kier molecular flexibility index (Phi) is 6.32. The number of hydrogen-bond acceptors (Lipinski definition) is 7. The van der Waals surface area contributed by atoms with Gasteiger partial charge < -0.3 is 10.7 Å². The third-order valence-electron chi connectivity index (χ3n) is 6.51. The van der Waals surface area contributed by atoms with Crippen LogP contribution in [0.25, 0.3) is 10.9 Å². The highest BCUT2D eigenvalue weighted by molar-refractivity contribution is 7.98. The second-order valence-corrected chi connectivity index (χ2v) is 9.68. The molecule has 0 bridgehead atoms. The maximum atomic E-state index is 12.5. The van der Waals surface area contributed by atoms with Gasteiger partial charge in [0.2, 0.25) is 0 Å². The zero-order chi connectivity index (χ0) is 21.9. The molecule has 1 fully saturated rings. The summed E-state index contributed by atoms with van der Waals surface area (Å²) in [4.78, 5) is 27.0. The molecule has 0 unspecified atom stereocenters. The molecule has 3 aromatic rings. The minimum Gasteiger partial charge on any atom is -0.354 e. The van der Waals surface area contributed by atoms with E-state index in [-0.39, 0.29) is 5.56 Å². The van der Waals surface area contributed by atoms with Crippen LogP contribution in [0.3, 0.4) is 0 Å². The van der Waals surface area contributed by atoms with Gasteiger partial charge in [-0.25, -0.2) is 14.6 Å². The van der Waals surface area contributed by atoms with Crippen LogP contribution in [0.5, 0.6) is 0 Å². The highest BCUT2D eigenvalue weighted by Gasteiger charge is 2.20. The Morgan fingerprint density at radius 2 is 1.84 bits per heavy atom. The van der Waals surface area contributed by atoms with Gasteiger partial charge in [-0.1, -0.05) is 18.2 Å². The van der Waals surface area contributed by atoms with E-state index < -0.39 is 0 Å². The fourth-order valence-corrected chi connectivity index (χ4v) is 5.53. The van der Waals surface area contributed by atoms with Crippen molar-refractivity contribution < 1.29 is 0 Å². The minimum absolute atomic E-state index is 0.0521. The number of thioether (sulfide) groups is 1. The number of benzene rings is 1. The van der Waals surface area contributed by atoms with Crippen molar-refractivity contribution in [3.8, 4) is 0 Å². The second-order valence-electron chi connectivity index (χ2n) is 8.58. The summed E-state index contributed by atoms with van der Waals surface area (Å²) in [7, 11) is 0.